The lowest BCUT2D eigenvalue weighted by Crippen LogP contribution is -2.48. The summed E-state index contributed by atoms with van der Waals surface area (Å²) < 4.78 is 0. The van der Waals surface area contributed by atoms with E-state index in [-0.39, 0.29) is 36.1 Å². The van der Waals surface area contributed by atoms with Crippen LogP contribution in [-0.2, 0) is 11.2 Å². The number of para-hydroxylation sites is 1. The van der Waals surface area contributed by atoms with Gasteiger partial charge < -0.3 is 10.6 Å². The molecule has 1 spiro atoms. The van der Waals surface area contributed by atoms with Gasteiger partial charge in [0.2, 0.25) is 5.91 Å². The fourth-order valence-corrected chi connectivity index (χ4v) is 2.81. The number of anilines is 1. The third kappa shape index (κ3) is 2.48. The first-order valence-corrected chi connectivity index (χ1v) is 5.90. The SMILES string of the molecule is Cl.Cl.O=C1Nc2ccccc2CC12CCNCC2. The predicted molar refractivity (Wildman–Crippen MR) is 77.8 cm³/mol. The molecule has 0 bridgehead atoms. The van der Waals surface area contributed by atoms with Crippen molar-refractivity contribution in [3.63, 3.8) is 0 Å². The second kappa shape index (κ2) is 5.91. The molecule has 3 nitrogen and oxygen atoms in total. The van der Waals surface area contributed by atoms with Crippen molar-refractivity contribution >= 4 is 36.4 Å². The lowest BCUT2D eigenvalue weighted by Gasteiger charge is -2.39. The van der Waals surface area contributed by atoms with E-state index < -0.39 is 0 Å². The summed E-state index contributed by atoms with van der Waals surface area (Å²) in [5.74, 6) is 0.215. The number of nitrogens with one attached hydrogen (secondary N) is 2. The van der Waals surface area contributed by atoms with Gasteiger partial charge in [-0.1, -0.05) is 18.2 Å². The number of rotatable bonds is 0. The maximum atomic E-state index is 12.2. The highest BCUT2D eigenvalue weighted by atomic mass is 35.5. The summed E-state index contributed by atoms with van der Waals surface area (Å²) in [4.78, 5) is 12.2. The van der Waals surface area contributed by atoms with Crippen molar-refractivity contribution in [3.05, 3.63) is 29.8 Å². The number of carbonyl (C=O) groups excluding carboxylic acids is 1. The van der Waals surface area contributed by atoms with Gasteiger partial charge in [-0.25, -0.2) is 0 Å². The standard InChI is InChI=1S/C13H16N2O.2ClH/c16-12-13(5-7-14-8-6-13)9-10-3-1-2-4-11(10)15-12;;/h1-4,14H,5-9H2,(H,15,16);2*1H. The lowest BCUT2D eigenvalue weighted by molar-refractivity contribution is -0.127. The molecule has 100 valence electrons. The molecule has 0 unspecified atom stereocenters. The molecule has 2 aliphatic rings. The van der Waals surface area contributed by atoms with Crippen LogP contribution in [0, 0.1) is 5.41 Å². The molecule has 0 radical (unpaired) electrons. The molecule has 0 aromatic heterocycles. The van der Waals surface area contributed by atoms with Crippen LogP contribution in [0.2, 0.25) is 0 Å². The maximum Gasteiger partial charge on any atom is 0.231 e. The molecular formula is C13H18Cl2N2O. The normalized spacial score (nSPS) is 20.1. The van der Waals surface area contributed by atoms with Crippen LogP contribution in [0.25, 0.3) is 0 Å². The smallest absolute Gasteiger partial charge is 0.231 e. The highest BCUT2D eigenvalue weighted by molar-refractivity contribution is 5.98. The minimum Gasteiger partial charge on any atom is -0.325 e. The monoisotopic (exact) mass is 288 g/mol. The van der Waals surface area contributed by atoms with E-state index >= 15 is 0 Å². The van der Waals surface area contributed by atoms with E-state index in [2.05, 4.69) is 16.7 Å². The molecular weight excluding hydrogens is 271 g/mol. The van der Waals surface area contributed by atoms with E-state index in [1.54, 1.807) is 0 Å². The molecule has 0 atom stereocenters. The third-order valence-corrected chi connectivity index (χ3v) is 3.84. The first kappa shape index (κ1) is 15.3. The summed E-state index contributed by atoms with van der Waals surface area (Å²) in [5.41, 5.74) is 2.13. The third-order valence-electron chi connectivity index (χ3n) is 3.84. The molecule has 2 aliphatic heterocycles. The lowest BCUT2D eigenvalue weighted by atomic mass is 9.71. The molecule has 1 aromatic rings. The average molecular weight is 289 g/mol. The summed E-state index contributed by atoms with van der Waals surface area (Å²) in [6.45, 7) is 1.91. The van der Waals surface area contributed by atoms with Crippen LogP contribution in [-0.4, -0.2) is 19.0 Å². The van der Waals surface area contributed by atoms with Crippen LogP contribution < -0.4 is 10.6 Å². The Balaban J connectivity index is 0.000000810. The van der Waals surface area contributed by atoms with E-state index in [4.69, 9.17) is 0 Å². The van der Waals surface area contributed by atoms with Gasteiger partial charge in [0.15, 0.2) is 0 Å². The van der Waals surface area contributed by atoms with Gasteiger partial charge in [-0.2, -0.15) is 0 Å². The van der Waals surface area contributed by atoms with Gasteiger partial charge in [-0.3, -0.25) is 4.79 Å². The minimum absolute atomic E-state index is 0. The Morgan fingerprint density at radius 2 is 1.72 bits per heavy atom. The van der Waals surface area contributed by atoms with E-state index in [9.17, 15) is 4.79 Å². The van der Waals surface area contributed by atoms with E-state index in [0.29, 0.717) is 0 Å². The van der Waals surface area contributed by atoms with Gasteiger partial charge in [-0.05, 0) is 44.0 Å². The Bertz CT molecular complexity index is 431. The van der Waals surface area contributed by atoms with Gasteiger partial charge in [0.25, 0.3) is 0 Å². The van der Waals surface area contributed by atoms with Crippen LogP contribution in [0.3, 0.4) is 0 Å². The van der Waals surface area contributed by atoms with Crippen LogP contribution in [0.1, 0.15) is 18.4 Å². The number of halogens is 2. The predicted octanol–water partition coefficient (Wildman–Crippen LogP) is 2.39. The van der Waals surface area contributed by atoms with Crippen molar-refractivity contribution in [2.75, 3.05) is 18.4 Å². The Morgan fingerprint density at radius 3 is 2.44 bits per heavy atom. The molecule has 1 saturated heterocycles. The molecule has 1 fully saturated rings. The molecule has 1 aromatic carbocycles. The number of hydrogen-bond donors (Lipinski definition) is 2. The summed E-state index contributed by atoms with van der Waals surface area (Å²) in [6, 6.07) is 8.13. The van der Waals surface area contributed by atoms with Gasteiger partial charge in [0, 0.05) is 5.69 Å². The first-order valence-electron chi connectivity index (χ1n) is 5.90. The zero-order valence-corrected chi connectivity index (χ0v) is 11.7. The first-order chi connectivity index (χ1) is 7.80. The van der Waals surface area contributed by atoms with Crippen molar-refractivity contribution in [3.8, 4) is 0 Å². The topological polar surface area (TPSA) is 41.1 Å². The second-order valence-electron chi connectivity index (χ2n) is 4.82. The number of amides is 1. The van der Waals surface area contributed by atoms with E-state index in [1.165, 1.54) is 5.56 Å². The molecule has 3 rings (SSSR count). The molecule has 5 heteroatoms. The summed E-state index contributed by atoms with van der Waals surface area (Å²) in [6.07, 6.45) is 2.80. The van der Waals surface area contributed by atoms with Gasteiger partial charge in [0.05, 0.1) is 5.41 Å². The van der Waals surface area contributed by atoms with E-state index in [0.717, 1.165) is 38.0 Å². The van der Waals surface area contributed by atoms with Crippen molar-refractivity contribution < 1.29 is 4.79 Å². The number of piperidine rings is 1. The molecule has 2 heterocycles. The maximum absolute atomic E-state index is 12.2. The zero-order valence-electron chi connectivity index (χ0n) is 10.1. The highest BCUT2D eigenvalue weighted by Crippen LogP contribution is 2.39. The fraction of sp³-hybridized carbons (Fsp3) is 0.462. The van der Waals surface area contributed by atoms with Crippen LogP contribution in [0.5, 0.6) is 0 Å². The van der Waals surface area contributed by atoms with Crippen LogP contribution >= 0.6 is 24.8 Å². The molecule has 18 heavy (non-hydrogen) atoms. The van der Waals surface area contributed by atoms with Crippen molar-refractivity contribution in [2.45, 2.75) is 19.3 Å². The van der Waals surface area contributed by atoms with Crippen molar-refractivity contribution in [1.29, 1.82) is 0 Å². The van der Waals surface area contributed by atoms with Gasteiger partial charge in [-0.15, -0.1) is 24.8 Å². The Morgan fingerprint density at radius 1 is 1.06 bits per heavy atom. The summed E-state index contributed by atoms with van der Waals surface area (Å²) in [7, 11) is 0. The highest BCUT2D eigenvalue weighted by Gasteiger charge is 2.42. The quantitative estimate of drug-likeness (QED) is 0.770. The van der Waals surface area contributed by atoms with Crippen LogP contribution in [0.4, 0.5) is 5.69 Å². The van der Waals surface area contributed by atoms with Gasteiger partial charge in [0.1, 0.15) is 0 Å². The molecule has 0 aliphatic carbocycles. The Kier molecular flexibility index (Phi) is 5.02. The van der Waals surface area contributed by atoms with Crippen molar-refractivity contribution in [2.24, 2.45) is 5.41 Å². The number of carbonyl (C=O) groups is 1. The van der Waals surface area contributed by atoms with Gasteiger partial charge >= 0.3 is 0 Å². The molecule has 1 amide bonds. The summed E-state index contributed by atoms with van der Waals surface area (Å²) >= 11 is 0. The molecule has 2 N–H and O–H groups in total. The average Bonchev–Trinajstić information content (AvgIpc) is 2.32. The summed E-state index contributed by atoms with van der Waals surface area (Å²) in [5, 5.41) is 6.37. The number of hydrogen-bond acceptors (Lipinski definition) is 2. The number of fused-ring (bicyclic) bond motifs is 1. The molecule has 0 saturated carbocycles. The zero-order chi connectivity index (χ0) is 11.0. The minimum atomic E-state index is -0.153. The Hall–Kier alpha value is -0.770. The largest absolute Gasteiger partial charge is 0.325 e. The Labute approximate surface area is 120 Å². The number of benzene rings is 1. The fourth-order valence-electron chi connectivity index (χ4n) is 2.81. The van der Waals surface area contributed by atoms with Crippen molar-refractivity contribution in [1.82, 2.24) is 5.32 Å². The second-order valence-corrected chi connectivity index (χ2v) is 4.82. The van der Waals surface area contributed by atoms with E-state index in [1.807, 2.05) is 18.2 Å². The van der Waals surface area contributed by atoms with Crippen LogP contribution in [0.15, 0.2) is 24.3 Å².